The van der Waals surface area contributed by atoms with Gasteiger partial charge in [-0.05, 0) is 29.3 Å². The maximum Gasteiger partial charge on any atom is 0.221 e. The van der Waals surface area contributed by atoms with Crippen LogP contribution >= 0.6 is 15.9 Å². The summed E-state index contributed by atoms with van der Waals surface area (Å²) in [4.78, 5) is 15.7. The standard InChI is InChI=1S/C16H18BrN3O/c17-15-5-1-3-13(9-15)10-19-8-6-16(21)20-12-14-4-2-7-18-11-14/h1-5,7,9,11,19H,6,8,10,12H2,(H,20,21). The Kier molecular flexibility index (Phi) is 6.37. The van der Waals surface area contributed by atoms with Crippen molar-refractivity contribution >= 4 is 21.8 Å². The highest BCUT2D eigenvalue weighted by molar-refractivity contribution is 9.10. The lowest BCUT2D eigenvalue weighted by Crippen LogP contribution is -2.27. The summed E-state index contributed by atoms with van der Waals surface area (Å²) >= 11 is 3.44. The first kappa shape index (κ1) is 15.7. The lowest BCUT2D eigenvalue weighted by atomic mass is 10.2. The van der Waals surface area contributed by atoms with Crippen LogP contribution in [0.4, 0.5) is 0 Å². The predicted octanol–water partition coefficient (Wildman–Crippen LogP) is 2.64. The van der Waals surface area contributed by atoms with Crippen LogP contribution in [0.2, 0.25) is 0 Å². The number of pyridine rings is 1. The number of hydrogen-bond donors (Lipinski definition) is 2. The molecule has 21 heavy (non-hydrogen) atoms. The largest absolute Gasteiger partial charge is 0.352 e. The van der Waals surface area contributed by atoms with Crippen LogP contribution in [0.5, 0.6) is 0 Å². The number of carbonyl (C=O) groups excluding carboxylic acids is 1. The summed E-state index contributed by atoms with van der Waals surface area (Å²) in [6.07, 6.45) is 3.94. The van der Waals surface area contributed by atoms with Crippen LogP contribution in [0.3, 0.4) is 0 Å². The Hall–Kier alpha value is -1.72. The summed E-state index contributed by atoms with van der Waals surface area (Å²) in [7, 11) is 0. The molecule has 0 spiro atoms. The second-order valence-corrected chi connectivity index (χ2v) is 5.61. The van der Waals surface area contributed by atoms with Crippen molar-refractivity contribution in [2.75, 3.05) is 6.54 Å². The Morgan fingerprint density at radius 3 is 2.76 bits per heavy atom. The van der Waals surface area contributed by atoms with Crippen LogP contribution in [-0.4, -0.2) is 17.4 Å². The van der Waals surface area contributed by atoms with Crippen LogP contribution in [0.15, 0.2) is 53.3 Å². The average molecular weight is 348 g/mol. The fourth-order valence-electron chi connectivity index (χ4n) is 1.87. The van der Waals surface area contributed by atoms with E-state index in [0.29, 0.717) is 19.5 Å². The number of amides is 1. The van der Waals surface area contributed by atoms with E-state index < -0.39 is 0 Å². The molecule has 1 aromatic heterocycles. The van der Waals surface area contributed by atoms with Gasteiger partial charge in [0.25, 0.3) is 0 Å². The SMILES string of the molecule is O=C(CCNCc1cccc(Br)c1)NCc1cccnc1. The number of rotatable bonds is 7. The molecule has 0 radical (unpaired) electrons. The smallest absolute Gasteiger partial charge is 0.221 e. The van der Waals surface area contributed by atoms with E-state index in [1.54, 1.807) is 12.4 Å². The minimum Gasteiger partial charge on any atom is -0.352 e. The van der Waals surface area contributed by atoms with Crippen molar-refractivity contribution in [3.8, 4) is 0 Å². The summed E-state index contributed by atoms with van der Waals surface area (Å²) in [6.45, 7) is 1.94. The molecule has 2 N–H and O–H groups in total. The molecule has 1 amide bonds. The Morgan fingerprint density at radius 2 is 2.00 bits per heavy atom. The number of benzene rings is 1. The van der Waals surface area contributed by atoms with Gasteiger partial charge in [0.05, 0.1) is 0 Å². The van der Waals surface area contributed by atoms with Crippen molar-refractivity contribution in [2.24, 2.45) is 0 Å². The predicted molar refractivity (Wildman–Crippen MR) is 86.5 cm³/mol. The van der Waals surface area contributed by atoms with Crippen molar-refractivity contribution in [3.05, 3.63) is 64.4 Å². The van der Waals surface area contributed by atoms with Gasteiger partial charge < -0.3 is 10.6 Å². The molecule has 0 unspecified atom stereocenters. The van der Waals surface area contributed by atoms with E-state index in [0.717, 1.165) is 16.6 Å². The molecule has 0 saturated heterocycles. The van der Waals surface area contributed by atoms with E-state index in [2.05, 4.69) is 43.7 Å². The molecule has 4 nitrogen and oxygen atoms in total. The Balaban J connectivity index is 1.61. The minimum absolute atomic E-state index is 0.0422. The highest BCUT2D eigenvalue weighted by Gasteiger charge is 2.01. The molecule has 0 saturated carbocycles. The minimum atomic E-state index is 0.0422. The quantitative estimate of drug-likeness (QED) is 0.757. The zero-order chi connectivity index (χ0) is 14.9. The van der Waals surface area contributed by atoms with E-state index in [1.165, 1.54) is 5.56 Å². The number of hydrogen-bond acceptors (Lipinski definition) is 3. The zero-order valence-electron chi connectivity index (χ0n) is 11.7. The molecule has 1 heterocycles. The molecule has 2 rings (SSSR count). The lowest BCUT2D eigenvalue weighted by molar-refractivity contribution is -0.121. The van der Waals surface area contributed by atoms with Crippen LogP contribution in [-0.2, 0) is 17.9 Å². The summed E-state index contributed by atoms with van der Waals surface area (Å²) < 4.78 is 1.07. The highest BCUT2D eigenvalue weighted by Crippen LogP contribution is 2.11. The molecule has 110 valence electrons. The highest BCUT2D eigenvalue weighted by atomic mass is 79.9. The summed E-state index contributed by atoms with van der Waals surface area (Å²) in [5, 5.41) is 6.14. The summed E-state index contributed by atoms with van der Waals surface area (Å²) in [5.41, 5.74) is 2.20. The molecule has 0 fully saturated rings. The van der Waals surface area contributed by atoms with Crippen LogP contribution in [0.25, 0.3) is 0 Å². The van der Waals surface area contributed by atoms with Gasteiger partial charge in [-0.15, -0.1) is 0 Å². The first-order valence-electron chi connectivity index (χ1n) is 6.85. The maximum absolute atomic E-state index is 11.7. The first-order valence-corrected chi connectivity index (χ1v) is 7.64. The fourth-order valence-corrected chi connectivity index (χ4v) is 2.32. The molecule has 0 aliphatic heterocycles. The molecule has 0 bridgehead atoms. The van der Waals surface area contributed by atoms with E-state index >= 15 is 0 Å². The molecular formula is C16H18BrN3O. The molecule has 0 aliphatic carbocycles. The first-order chi connectivity index (χ1) is 10.2. The van der Waals surface area contributed by atoms with E-state index in [-0.39, 0.29) is 5.91 Å². The van der Waals surface area contributed by atoms with Gasteiger partial charge in [0.1, 0.15) is 0 Å². The Labute approximate surface area is 133 Å². The Morgan fingerprint density at radius 1 is 1.14 bits per heavy atom. The zero-order valence-corrected chi connectivity index (χ0v) is 13.3. The van der Waals surface area contributed by atoms with Gasteiger partial charge >= 0.3 is 0 Å². The monoisotopic (exact) mass is 347 g/mol. The molecule has 0 atom stereocenters. The van der Waals surface area contributed by atoms with E-state index in [9.17, 15) is 4.79 Å². The number of halogens is 1. The normalized spacial score (nSPS) is 10.3. The van der Waals surface area contributed by atoms with Gasteiger partial charge in [-0.2, -0.15) is 0 Å². The van der Waals surface area contributed by atoms with Gasteiger partial charge in [0.15, 0.2) is 0 Å². The molecule has 2 aromatic rings. The molecule has 5 heteroatoms. The van der Waals surface area contributed by atoms with Crippen molar-refractivity contribution in [3.63, 3.8) is 0 Å². The lowest BCUT2D eigenvalue weighted by Gasteiger charge is -2.07. The van der Waals surface area contributed by atoms with E-state index in [4.69, 9.17) is 0 Å². The van der Waals surface area contributed by atoms with Crippen LogP contribution < -0.4 is 10.6 Å². The maximum atomic E-state index is 11.7. The van der Waals surface area contributed by atoms with Gasteiger partial charge in [0, 0.05) is 42.9 Å². The van der Waals surface area contributed by atoms with Crippen molar-refractivity contribution in [1.29, 1.82) is 0 Å². The van der Waals surface area contributed by atoms with Gasteiger partial charge in [-0.25, -0.2) is 0 Å². The van der Waals surface area contributed by atoms with Crippen LogP contribution in [0.1, 0.15) is 17.5 Å². The van der Waals surface area contributed by atoms with Crippen molar-refractivity contribution in [1.82, 2.24) is 15.6 Å². The molecular weight excluding hydrogens is 330 g/mol. The van der Waals surface area contributed by atoms with Crippen molar-refractivity contribution in [2.45, 2.75) is 19.5 Å². The third-order valence-electron chi connectivity index (χ3n) is 2.96. The third-order valence-corrected chi connectivity index (χ3v) is 3.45. The Bertz CT molecular complexity index is 575. The number of aromatic nitrogens is 1. The number of nitrogens with zero attached hydrogens (tertiary/aromatic N) is 1. The molecule has 1 aromatic carbocycles. The number of nitrogens with one attached hydrogen (secondary N) is 2. The van der Waals surface area contributed by atoms with Crippen molar-refractivity contribution < 1.29 is 4.79 Å². The third kappa shape index (κ3) is 6.06. The fraction of sp³-hybridized carbons (Fsp3) is 0.250. The van der Waals surface area contributed by atoms with E-state index in [1.807, 2.05) is 24.3 Å². The second-order valence-electron chi connectivity index (χ2n) is 4.69. The van der Waals surface area contributed by atoms with Gasteiger partial charge in [-0.1, -0.05) is 34.1 Å². The number of carbonyl (C=O) groups is 1. The second kappa shape index (κ2) is 8.54. The average Bonchev–Trinajstić information content (AvgIpc) is 2.51. The molecule has 0 aliphatic rings. The van der Waals surface area contributed by atoms with Gasteiger partial charge in [-0.3, -0.25) is 9.78 Å². The topological polar surface area (TPSA) is 54.0 Å². The summed E-state index contributed by atoms with van der Waals surface area (Å²) in [5.74, 6) is 0.0422. The van der Waals surface area contributed by atoms with Crippen LogP contribution in [0, 0.1) is 0 Å². The summed E-state index contributed by atoms with van der Waals surface area (Å²) in [6, 6.07) is 11.9. The van der Waals surface area contributed by atoms with Gasteiger partial charge in [0.2, 0.25) is 5.91 Å².